The summed E-state index contributed by atoms with van der Waals surface area (Å²) < 4.78 is 7.70. The highest BCUT2D eigenvalue weighted by atomic mass is 16.5. The third kappa shape index (κ3) is 4.96. The molecule has 29 heavy (non-hydrogen) atoms. The zero-order valence-electron chi connectivity index (χ0n) is 16.6. The smallest absolute Gasteiger partial charge is 0.303 e. The minimum absolute atomic E-state index is 0.0709. The van der Waals surface area contributed by atoms with Crippen LogP contribution in [0.25, 0.3) is 10.9 Å². The number of ether oxygens (including phenoxy) is 1. The summed E-state index contributed by atoms with van der Waals surface area (Å²) in [6, 6.07) is 16.0. The summed E-state index contributed by atoms with van der Waals surface area (Å²) in [6.07, 6.45) is 2.06. The summed E-state index contributed by atoms with van der Waals surface area (Å²) in [4.78, 5) is 22.4. The molecule has 6 nitrogen and oxygen atoms in total. The number of hydrogen-bond donors (Lipinski definition) is 2. The Morgan fingerprint density at radius 2 is 1.90 bits per heavy atom. The number of carboxylic acid groups (broad SMARTS) is 1. The topological polar surface area (TPSA) is 94.6 Å². The quantitative estimate of drug-likeness (QED) is 0.514. The Kier molecular flexibility index (Phi) is 6.54. The van der Waals surface area contributed by atoms with Gasteiger partial charge in [-0.3, -0.25) is 9.59 Å². The van der Waals surface area contributed by atoms with E-state index in [1.807, 2.05) is 41.0 Å². The van der Waals surface area contributed by atoms with Gasteiger partial charge in [-0.05, 0) is 42.5 Å². The predicted molar refractivity (Wildman–Crippen MR) is 112 cm³/mol. The maximum Gasteiger partial charge on any atom is 0.303 e. The SMILES string of the molecule is CCc1c(Cc2ccccc2)c2ccc(OCCCC(=O)O)cc2n1CC(N)=O. The summed E-state index contributed by atoms with van der Waals surface area (Å²) in [5.41, 5.74) is 9.90. The van der Waals surface area contributed by atoms with E-state index < -0.39 is 11.9 Å². The molecule has 0 aliphatic heterocycles. The maximum atomic E-state index is 11.7. The van der Waals surface area contributed by atoms with Crippen molar-refractivity contribution in [2.75, 3.05) is 6.61 Å². The van der Waals surface area contributed by atoms with Crippen molar-refractivity contribution in [1.82, 2.24) is 4.57 Å². The Labute approximate surface area is 169 Å². The highest BCUT2D eigenvalue weighted by Gasteiger charge is 2.18. The molecule has 2 aromatic carbocycles. The molecule has 0 spiro atoms. The zero-order valence-corrected chi connectivity index (χ0v) is 16.6. The summed E-state index contributed by atoms with van der Waals surface area (Å²) >= 11 is 0. The van der Waals surface area contributed by atoms with Crippen molar-refractivity contribution in [1.29, 1.82) is 0 Å². The molecule has 0 aliphatic carbocycles. The van der Waals surface area contributed by atoms with E-state index in [4.69, 9.17) is 15.6 Å². The van der Waals surface area contributed by atoms with Crippen LogP contribution in [0.3, 0.4) is 0 Å². The number of nitrogens with zero attached hydrogens (tertiary/aromatic N) is 1. The van der Waals surface area contributed by atoms with Crippen molar-refractivity contribution in [3.8, 4) is 5.75 Å². The molecule has 0 bridgehead atoms. The minimum Gasteiger partial charge on any atom is -0.494 e. The Balaban J connectivity index is 1.98. The second-order valence-corrected chi connectivity index (χ2v) is 7.02. The van der Waals surface area contributed by atoms with Crippen LogP contribution in [0.1, 0.15) is 36.6 Å². The molecule has 0 unspecified atom stereocenters. The fourth-order valence-corrected chi connectivity index (χ4v) is 3.69. The number of fused-ring (bicyclic) bond motifs is 1. The van der Waals surface area contributed by atoms with Crippen LogP contribution < -0.4 is 10.5 Å². The predicted octanol–water partition coefficient (Wildman–Crippen LogP) is 3.52. The average Bonchev–Trinajstić information content (AvgIpc) is 2.97. The first kappa shape index (κ1) is 20.5. The van der Waals surface area contributed by atoms with E-state index in [-0.39, 0.29) is 13.0 Å². The molecule has 0 atom stereocenters. The third-order valence-electron chi connectivity index (χ3n) is 4.94. The fraction of sp³-hybridized carbons (Fsp3) is 0.304. The number of primary amides is 1. The van der Waals surface area contributed by atoms with Gasteiger partial charge in [0.15, 0.2) is 0 Å². The van der Waals surface area contributed by atoms with E-state index in [0.29, 0.717) is 18.8 Å². The van der Waals surface area contributed by atoms with Gasteiger partial charge in [0.25, 0.3) is 0 Å². The molecule has 3 N–H and O–H groups in total. The Morgan fingerprint density at radius 1 is 1.14 bits per heavy atom. The molecular formula is C23H26N2O4. The van der Waals surface area contributed by atoms with Crippen LogP contribution in [0, 0.1) is 0 Å². The van der Waals surface area contributed by atoms with Crippen LogP contribution in [-0.2, 0) is 29.0 Å². The largest absolute Gasteiger partial charge is 0.494 e. The van der Waals surface area contributed by atoms with Crippen LogP contribution in [0.5, 0.6) is 5.75 Å². The Bertz CT molecular complexity index is 1010. The van der Waals surface area contributed by atoms with Crippen molar-refractivity contribution in [3.63, 3.8) is 0 Å². The van der Waals surface area contributed by atoms with Crippen molar-refractivity contribution in [2.24, 2.45) is 5.73 Å². The summed E-state index contributed by atoms with van der Waals surface area (Å²) in [5, 5.41) is 9.83. The van der Waals surface area contributed by atoms with Gasteiger partial charge < -0.3 is 20.1 Å². The van der Waals surface area contributed by atoms with Crippen molar-refractivity contribution >= 4 is 22.8 Å². The van der Waals surface area contributed by atoms with Crippen LogP contribution in [-0.4, -0.2) is 28.2 Å². The van der Waals surface area contributed by atoms with Crippen LogP contribution >= 0.6 is 0 Å². The standard InChI is InChI=1S/C23H26N2O4/c1-2-20-19(13-16-7-4-3-5-8-16)18-11-10-17(29-12-6-9-23(27)28)14-21(18)25(20)15-22(24)26/h3-5,7-8,10-11,14H,2,6,9,12-13,15H2,1H3,(H2,24,26)(H,27,28). The van der Waals surface area contributed by atoms with Crippen LogP contribution in [0.2, 0.25) is 0 Å². The summed E-state index contributed by atoms with van der Waals surface area (Å²) in [5.74, 6) is -0.576. The number of carbonyl (C=O) groups excluding carboxylic acids is 1. The lowest BCUT2D eigenvalue weighted by Gasteiger charge is -2.10. The normalized spacial score (nSPS) is 10.9. The number of nitrogens with two attached hydrogens (primary N) is 1. The summed E-state index contributed by atoms with van der Waals surface area (Å²) in [6.45, 7) is 2.51. The zero-order chi connectivity index (χ0) is 20.8. The van der Waals surface area contributed by atoms with E-state index in [1.165, 1.54) is 11.1 Å². The lowest BCUT2D eigenvalue weighted by Crippen LogP contribution is -2.20. The lowest BCUT2D eigenvalue weighted by molar-refractivity contribution is -0.137. The van der Waals surface area contributed by atoms with Gasteiger partial charge in [-0.25, -0.2) is 0 Å². The number of aliphatic carboxylic acids is 1. The molecule has 1 heterocycles. The van der Waals surface area contributed by atoms with Gasteiger partial charge in [0, 0.05) is 23.6 Å². The molecule has 0 saturated heterocycles. The number of aromatic nitrogens is 1. The molecule has 0 radical (unpaired) electrons. The van der Waals surface area contributed by atoms with E-state index in [2.05, 4.69) is 19.1 Å². The second kappa shape index (κ2) is 9.28. The van der Waals surface area contributed by atoms with Crippen LogP contribution in [0.15, 0.2) is 48.5 Å². The van der Waals surface area contributed by atoms with Gasteiger partial charge in [0.1, 0.15) is 12.3 Å². The van der Waals surface area contributed by atoms with E-state index in [0.717, 1.165) is 29.4 Å². The molecular weight excluding hydrogens is 368 g/mol. The molecule has 3 rings (SSSR count). The first-order valence-electron chi connectivity index (χ1n) is 9.80. The van der Waals surface area contributed by atoms with Gasteiger partial charge in [0.2, 0.25) is 5.91 Å². The van der Waals surface area contributed by atoms with E-state index in [9.17, 15) is 9.59 Å². The van der Waals surface area contributed by atoms with E-state index >= 15 is 0 Å². The number of amides is 1. The second-order valence-electron chi connectivity index (χ2n) is 7.02. The molecule has 1 amide bonds. The number of rotatable bonds is 10. The molecule has 1 aromatic heterocycles. The first-order valence-corrected chi connectivity index (χ1v) is 9.80. The van der Waals surface area contributed by atoms with Gasteiger partial charge in [-0.2, -0.15) is 0 Å². The fourth-order valence-electron chi connectivity index (χ4n) is 3.69. The molecule has 3 aromatic rings. The lowest BCUT2D eigenvalue weighted by atomic mass is 10.0. The van der Waals surface area contributed by atoms with Crippen molar-refractivity contribution < 1.29 is 19.4 Å². The number of hydrogen-bond acceptors (Lipinski definition) is 3. The monoisotopic (exact) mass is 394 g/mol. The number of carbonyl (C=O) groups is 2. The molecule has 0 saturated carbocycles. The number of carboxylic acids is 1. The third-order valence-corrected chi connectivity index (χ3v) is 4.94. The van der Waals surface area contributed by atoms with Crippen LogP contribution in [0.4, 0.5) is 0 Å². The molecule has 6 heteroatoms. The summed E-state index contributed by atoms with van der Waals surface area (Å²) in [7, 11) is 0. The van der Waals surface area contributed by atoms with Gasteiger partial charge in [-0.15, -0.1) is 0 Å². The maximum absolute atomic E-state index is 11.7. The van der Waals surface area contributed by atoms with Gasteiger partial charge in [0.05, 0.1) is 12.1 Å². The molecule has 152 valence electrons. The number of benzene rings is 2. The van der Waals surface area contributed by atoms with E-state index in [1.54, 1.807) is 0 Å². The van der Waals surface area contributed by atoms with Gasteiger partial charge >= 0.3 is 5.97 Å². The first-order chi connectivity index (χ1) is 14.0. The van der Waals surface area contributed by atoms with Crippen molar-refractivity contribution in [3.05, 3.63) is 65.4 Å². The van der Waals surface area contributed by atoms with Gasteiger partial charge in [-0.1, -0.05) is 37.3 Å². The highest BCUT2D eigenvalue weighted by molar-refractivity contribution is 5.89. The highest BCUT2D eigenvalue weighted by Crippen LogP contribution is 2.32. The Hall–Kier alpha value is -3.28. The Morgan fingerprint density at radius 3 is 2.55 bits per heavy atom. The van der Waals surface area contributed by atoms with Crippen molar-refractivity contribution in [2.45, 2.75) is 39.2 Å². The minimum atomic E-state index is -0.836. The molecule has 0 aliphatic rings. The molecule has 0 fully saturated rings. The average molecular weight is 394 g/mol.